The Morgan fingerprint density at radius 2 is 0.917 bits per heavy atom. The third-order valence-corrected chi connectivity index (χ3v) is 12.8. The van der Waals surface area contributed by atoms with Crippen LogP contribution in [0, 0.1) is 6.92 Å². The molecular formula is C58H44N2. The average Bonchev–Trinajstić information content (AvgIpc) is 3.75. The molecule has 0 bridgehead atoms. The minimum absolute atomic E-state index is 0.136. The molecule has 0 aliphatic heterocycles. The Bertz CT molecular complexity index is 3170. The first-order valence-electron chi connectivity index (χ1n) is 20.9. The molecule has 1 aliphatic carbocycles. The van der Waals surface area contributed by atoms with E-state index in [9.17, 15) is 0 Å². The number of nitrogens with zero attached hydrogens (tertiary/aromatic N) is 2. The molecule has 0 saturated heterocycles. The van der Waals surface area contributed by atoms with Crippen molar-refractivity contribution in [1.82, 2.24) is 4.57 Å². The largest absolute Gasteiger partial charge is 0.310 e. The van der Waals surface area contributed by atoms with Crippen molar-refractivity contribution in [3.63, 3.8) is 0 Å². The van der Waals surface area contributed by atoms with E-state index in [4.69, 9.17) is 0 Å². The number of hydrogen-bond donors (Lipinski definition) is 0. The molecule has 1 heterocycles. The highest BCUT2D eigenvalue weighted by Gasteiger charge is 2.36. The Morgan fingerprint density at radius 1 is 0.383 bits per heavy atom. The van der Waals surface area contributed by atoms with Crippen LogP contribution in [0.1, 0.15) is 30.5 Å². The van der Waals surface area contributed by atoms with Crippen molar-refractivity contribution in [3.8, 4) is 50.2 Å². The van der Waals surface area contributed by atoms with Gasteiger partial charge in [-0.15, -0.1) is 0 Å². The van der Waals surface area contributed by atoms with E-state index in [1.54, 1.807) is 0 Å². The van der Waals surface area contributed by atoms with Crippen LogP contribution in [0.2, 0.25) is 0 Å². The number of aryl methyl sites for hydroxylation is 1. The van der Waals surface area contributed by atoms with Gasteiger partial charge >= 0.3 is 0 Å². The summed E-state index contributed by atoms with van der Waals surface area (Å²) in [6, 6.07) is 78.0. The molecule has 0 spiro atoms. The molecule has 1 aromatic heterocycles. The average molecular weight is 769 g/mol. The number of para-hydroxylation sites is 2. The Balaban J connectivity index is 1.10. The van der Waals surface area contributed by atoms with Crippen LogP contribution < -0.4 is 4.90 Å². The minimum atomic E-state index is -0.136. The summed E-state index contributed by atoms with van der Waals surface area (Å²) in [5, 5.41) is 2.52. The van der Waals surface area contributed by atoms with E-state index >= 15 is 0 Å². The molecular weight excluding hydrogens is 725 g/mol. The molecule has 2 nitrogen and oxygen atoms in total. The van der Waals surface area contributed by atoms with E-state index in [-0.39, 0.29) is 5.41 Å². The number of hydrogen-bond acceptors (Lipinski definition) is 1. The molecule has 0 amide bonds. The van der Waals surface area contributed by atoms with E-state index in [1.807, 2.05) is 0 Å². The lowest BCUT2D eigenvalue weighted by molar-refractivity contribution is 0.660. The first-order chi connectivity index (χ1) is 29.4. The predicted molar refractivity (Wildman–Crippen MR) is 254 cm³/mol. The second-order valence-electron chi connectivity index (χ2n) is 16.6. The van der Waals surface area contributed by atoms with Gasteiger partial charge in [-0.25, -0.2) is 0 Å². The maximum absolute atomic E-state index is 2.47. The van der Waals surface area contributed by atoms with Crippen LogP contribution in [-0.4, -0.2) is 4.57 Å². The van der Waals surface area contributed by atoms with Crippen molar-refractivity contribution in [1.29, 1.82) is 0 Å². The maximum atomic E-state index is 2.47. The fraction of sp³-hybridized carbons (Fsp3) is 0.0690. The number of rotatable bonds is 7. The van der Waals surface area contributed by atoms with Crippen LogP contribution in [0.4, 0.5) is 17.1 Å². The van der Waals surface area contributed by atoms with Crippen LogP contribution in [0.5, 0.6) is 0 Å². The SMILES string of the molecule is Cc1ccccc1-c1cc(-c2ccc(-c3ccccc3)cc2)ccc1N(c1ccc(-n2c3ccccc3c3ccccc32)cc1)c1ccc2c(c1)C(C)(C)c1ccccc1-2. The van der Waals surface area contributed by atoms with E-state index in [2.05, 4.69) is 243 Å². The summed E-state index contributed by atoms with van der Waals surface area (Å²) in [4.78, 5) is 2.47. The van der Waals surface area contributed by atoms with Crippen molar-refractivity contribution < 1.29 is 0 Å². The fourth-order valence-corrected chi connectivity index (χ4v) is 9.70. The molecule has 286 valence electrons. The lowest BCUT2D eigenvalue weighted by Gasteiger charge is -2.30. The standard InChI is InChI=1S/C58H44N2/c1-39-15-7-8-18-47(39)52-37-43(42-27-25-41(26-28-42)40-16-5-4-6-17-40)29-36-57(52)59(46-34-35-49-48-19-9-12-22-53(48)58(2,3)54(49)38-46)44-30-32-45(33-31-44)60-55-23-13-10-20-50(55)51-21-11-14-24-56(51)60/h4-38H,1-3H3. The van der Waals surface area contributed by atoms with Crippen LogP contribution in [-0.2, 0) is 5.41 Å². The van der Waals surface area contributed by atoms with Crippen LogP contribution in [0.15, 0.2) is 212 Å². The highest BCUT2D eigenvalue weighted by molar-refractivity contribution is 6.09. The molecule has 2 heteroatoms. The Kier molecular flexibility index (Phi) is 8.42. The van der Waals surface area contributed by atoms with Crippen molar-refractivity contribution in [2.75, 3.05) is 4.90 Å². The van der Waals surface area contributed by atoms with Gasteiger partial charge in [0.2, 0.25) is 0 Å². The van der Waals surface area contributed by atoms with Crippen LogP contribution in [0.25, 0.3) is 72.0 Å². The quantitative estimate of drug-likeness (QED) is 0.157. The predicted octanol–water partition coefficient (Wildman–Crippen LogP) is 15.9. The maximum Gasteiger partial charge on any atom is 0.0541 e. The Labute approximate surface area is 352 Å². The first-order valence-corrected chi connectivity index (χ1v) is 20.9. The van der Waals surface area contributed by atoms with E-state index < -0.39 is 0 Å². The molecule has 11 rings (SSSR count). The highest BCUT2D eigenvalue weighted by Crippen LogP contribution is 2.51. The van der Waals surface area contributed by atoms with Crippen molar-refractivity contribution in [2.24, 2.45) is 0 Å². The number of aromatic nitrogens is 1. The molecule has 60 heavy (non-hydrogen) atoms. The summed E-state index contributed by atoms with van der Waals surface area (Å²) < 4.78 is 2.39. The second kappa shape index (κ2) is 14.1. The topological polar surface area (TPSA) is 8.17 Å². The Morgan fingerprint density at radius 3 is 1.62 bits per heavy atom. The minimum Gasteiger partial charge on any atom is -0.310 e. The van der Waals surface area contributed by atoms with Gasteiger partial charge in [0.05, 0.1) is 16.7 Å². The third kappa shape index (κ3) is 5.79. The smallest absolute Gasteiger partial charge is 0.0541 e. The molecule has 10 aromatic rings. The van der Waals surface area contributed by atoms with Gasteiger partial charge in [0.1, 0.15) is 0 Å². The highest BCUT2D eigenvalue weighted by atomic mass is 15.1. The lowest BCUT2D eigenvalue weighted by atomic mass is 9.82. The summed E-state index contributed by atoms with van der Waals surface area (Å²) in [5.74, 6) is 0. The molecule has 1 aliphatic rings. The third-order valence-electron chi connectivity index (χ3n) is 12.8. The zero-order valence-electron chi connectivity index (χ0n) is 34.1. The summed E-state index contributed by atoms with van der Waals surface area (Å²) in [6.45, 7) is 6.95. The zero-order chi connectivity index (χ0) is 40.4. The molecule has 0 atom stereocenters. The van der Waals surface area contributed by atoms with Gasteiger partial charge in [-0.05, 0) is 123 Å². The summed E-state index contributed by atoms with van der Waals surface area (Å²) in [6.07, 6.45) is 0. The molecule has 0 N–H and O–H groups in total. The number of fused-ring (bicyclic) bond motifs is 6. The summed E-state index contributed by atoms with van der Waals surface area (Å²) in [7, 11) is 0. The zero-order valence-corrected chi connectivity index (χ0v) is 34.1. The monoisotopic (exact) mass is 768 g/mol. The molecule has 0 saturated carbocycles. The van der Waals surface area contributed by atoms with E-state index in [0.29, 0.717) is 0 Å². The van der Waals surface area contributed by atoms with E-state index in [1.165, 1.54) is 83.0 Å². The molecule has 0 radical (unpaired) electrons. The second-order valence-corrected chi connectivity index (χ2v) is 16.6. The van der Waals surface area contributed by atoms with Crippen LogP contribution >= 0.6 is 0 Å². The van der Waals surface area contributed by atoms with Crippen molar-refractivity contribution >= 4 is 38.9 Å². The first kappa shape index (κ1) is 35.7. The van der Waals surface area contributed by atoms with Gasteiger partial charge in [-0.1, -0.05) is 166 Å². The molecule has 9 aromatic carbocycles. The summed E-state index contributed by atoms with van der Waals surface area (Å²) >= 11 is 0. The van der Waals surface area contributed by atoms with Crippen molar-refractivity contribution in [3.05, 3.63) is 229 Å². The van der Waals surface area contributed by atoms with Gasteiger partial charge in [0.15, 0.2) is 0 Å². The van der Waals surface area contributed by atoms with Gasteiger partial charge in [0.25, 0.3) is 0 Å². The normalized spacial score (nSPS) is 12.7. The number of anilines is 3. The summed E-state index contributed by atoms with van der Waals surface area (Å²) in [5.41, 5.74) is 20.6. The number of benzene rings is 9. The Hall–Kier alpha value is -7.42. The van der Waals surface area contributed by atoms with Gasteiger partial charge in [-0.3, -0.25) is 0 Å². The van der Waals surface area contributed by atoms with Crippen LogP contribution in [0.3, 0.4) is 0 Å². The lowest BCUT2D eigenvalue weighted by Crippen LogP contribution is -2.17. The van der Waals surface area contributed by atoms with Gasteiger partial charge in [0, 0.05) is 38.8 Å². The molecule has 0 unspecified atom stereocenters. The van der Waals surface area contributed by atoms with Gasteiger partial charge in [-0.2, -0.15) is 0 Å². The molecule has 0 fully saturated rings. The van der Waals surface area contributed by atoms with E-state index in [0.717, 1.165) is 22.7 Å². The fourth-order valence-electron chi connectivity index (χ4n) is 9.70. The van der Waals surface area contributed by atoms with Gasteiger partial charge < -0.3 is 9.47 Å². The van der Waals surface area contributed by atoms with Crippen molar-refractivity contribution in [2.45, 2.75) is 26.2 Å².